The molecule has 2 heterocycles. The van der Waals surface area contributed by atoms with Crippen molar-refractivity contribution in [3.63, 3.8) is 0 Å². The van der Waals surface area contributed by atoms with Gasteiger partial charge < -0.3 is 20.2 Å². The van der Waals surface area contributed by atoms with Crippen LogP contribution in [-0.2, 0) is 4.79 Å². The van der Waals surface area contributed by atoms with Crippen molar-refractivity contribution >= 4 is 24.2 Å². The van der Waals surface area contributed by atoms with Crippen molar-refractivity contribution in [1.82, 2.24) is 15.1 Å². The summed E-state index contributed by atoms with van der Waals surface area (Å²) in [6, 6.07) is 6.26. The summed E-state index contributed by atoms with van der Waals surface area (Å²) in [6.07, 6.45) is 0. The second kappa shape index (κ2) is 6.98. The number of amides is 2. The number of carbonyl (C=O) groups is 2. The van der Waals surface area contributed by atoms with E-state index in [1.54, 1.807) is 17.0 Å². The van der Waals surface area contributed by atoms with Gasteiger partial charge in [0.2, 0.25) is 5.91 Å². The monoisotopic (exact) mass is 325 g/mol. The third kappa shape index (κ3) is 3.34. The standard InChI is InChI=1S/C15H19N3O3.ClH/c19-13-3-1-11(2-4-13)14(20)17-5-7-18(8-6-17)15(21)12-9-16-10-12;/h1-4,12,16,19H,5-10H2;1H. The van der Waals surface area contributed by atoms with Crippen molar-refractivity contribution < 1.29 is 14.7 Å². The number of piperazine rings is 1. The van der Waals surface area contributed by atoms with E-state index < -0.39 is 0 Å². The molecule has 0 bridgehead atoms. The fourth-order valence-electron chi connectivity index (χ4n) is 2.64. The minimum Gasteiger partial charge on any atom is -0.508 e. The molecular weight excluding hydrogens is 306 g/mol. The summed E-state index contributed by atoms with van der Waals surface area (Å²) in [5.41, 5.74) is 0.566. The van der Waals surface area contributed by atoms with Crippen molar-refractivity contribution in [3.8, 4) is 5.75 Å². The van der Waals surface area contributed by atoms with Crippen molar-refractivity contribution in [1.29, 1.82) is 0 Å². The number of aromatic hydroxyl groups is 1. The van der Waals surface area contributed by atoms with Crippen LogP contribution in [0.5, 0.6) is 5.75 Å². The molecule has 2 aliphatic rings. The van der Waals surface area contributed by atoms with Gasteiger partial charge in [0, 0.05) is 44.8 Å². The number of nitrogens with one attached hydrogen (secondary N) is 1. The highest BCUT2D eigenvalue weighted by Crippen LogP contribution is 2.15. The molecule has 6 nitrogen and oxygen atoms in total. The van der Waals surface area contributed by atoms with Gasteiger partial charge in [-0.2, -0.15) is 0 Å². The highest BCUT2D eigenvalue weighted by molar-refractivity contribution is 5.94. The largest absolute Gasteiger partial charge is 0.508 e. The van der Waals surface area contributed by atoms with Gasteiger partial charge in [0.15, 0.2) is 0 Å². The Bertz CT molecular complexity index is 537. The minimum absolute atomic E-state index is 0. The quantitative estimate of drug-likeness (QED) is 0.821. The molecule has 0 saturated carbocycles. The first kappa shape index (κ1) is 16.6. The molecule has 2 amide bonds. The summed E-state index contributed by atoms with van der Waals surface area (Å²) in [5, 5.41) is 12.4. The van der Waals surface area contributed by atoms with Crippen LogP contribution in [0.4, 0.5) is 0 Å². The highest BCUT2D eigenvalue weighted by atomic mass is 35.5. The van der Waals surface area contributed by atoms with Gasteiger partial charge in [-0.1, -0.05) is 0 Å². The van der Waals surface area contributed by atoms with Crippen LogP contribution >= 0.6 is 12.4 Å². The van der Waals surface area contributed by atoms with Crippen molar-refractivity contribution in [2.24, 2.45) is 5.92 Å². The van der Waals surface area contributed by atoms with Gasteiger partial charge in [-0.3, -0.25) is 9.59 Å². The molecule has 22 heavy (non-hydrogen) atoms. The van der Waals surface area contributed by atoms with E-state index in [0.717, 1.165) is 13.1 Å². The lowest BCUT2D eigenvalue weighted by Crippen LogP contribution is -2.57. The molecule has 1 aromatic carbocycles. The predicted octanol–water partition coefficient (Wildman–Crippen LogP) is 0.318. The predicted molar refractivity (Wildman–Crippen MR) is 84.2 cm³/mol. The summed E-state index contributed by atoms with van der Waals surface area (Å²) in [4.78, 5) is 28.1. The van der Waals surface area contributed by atoms with E-state index in [1.165, 1.54) is 12.1 Å². The SMILES string of the molecule is Cl.O=C(c1ccc(O)cc1)N1CCN(C(=O)C2CNC2)CC1. The maximum atomic E-state index is 12.3. The van der Waals surface area contributed by atoms with Crippen LogP contribution in [0.2, 0.25) is 0 Å². The number of benzene rings is 1. The number of carbonyl (C=O) groups excluding carboxylic acids is 2. The summed E-state index contributed by atoms with van der Waals surface area (Å²) < 4.78 is 0. The first-order valence-corrected chi connectivity index (χ1v) is 7.23. The number of halogens is 1. The van der Waals surface area contributed by atoms with Crippen LogP contribution in [0.3, 0.4) is 0 Å². The Kier molecular flexibility index (Phi) is 5.26. The number of phenolic OH excluding ortho intramolecular Hbond substituents is 1. The molecule has 0 aromatic heterocycles. The topological polar surface area (TPSA) is 72.9 Å². The number of hydrogen-bond donors (Lipinski definition) is 2. The summed E-state index contributed by atoms with van der Waals surface area (Å²) >= 11 is 0. The lowest BCUT2D eigenvalue weighted by Gasteiger charge is -2.38. The fourth-order valence-corrected chi connectivity index (χ4v) is 2.64. The Morgan fingerprint density at radius 1 is 1.00 bits per heavy atom. The average molecular weight is 326 g/mol. The van der Waals surface area contributed by atoms with Crippen LogP contribution in [0.25, 0.3) is 0 Å². The summed E-state index contributed by atoms with van der Waals surface area (Å²) in [7, 11) is 0. The Hall–Kier alpha value is -1.79. The maximum absolute atomic E-state index is 12.3. The van der Waals surface area contributed by atoms with Gasteiger partial charge in [-0.05, 0) is 24.3 Å². The van der Waals surface area contributed by atoms with Crippen molar-refractivity contribution in [3.05, 3.63) is 29.8 Å². The molecule has 0 atom stereocenters. The summed E-state index contributed by atoms with van der Waals surface area (Å²) in [6.45, 7) is 3.85. The van der Waals surface area contributed by atoms with Gasteiger partial charge in [-0.25, -0.2) is 0 Å². The number of phenols is 1. The zero-order chi connectivity index (χ0) is 14.8. The number of nitrogens with zero attached hydrogens (tertiary/aromatic N) is 2. The van der Waals surface area contributed by atoms with E-state index in [0.29, 0.717) is 31.7 Å². The second-order valence-electron chi connectivity index (χ2n) is 5.52. The Morgan fingerprint density at radius 2 is 1.55 bits per heavy atom. The molecule has 2 N–H and O–H groups in total. The molecule has 0 spiro atoms. The van der Waals surface area contributed by atoms with Crippen LogP contribution in [0.15, 0.2) is 24.3 Å². The molecule has 0 radical (unpaired) electrons. The molecule has 120 valence electrons. The average Bonchev–Trinajstić information content (AvgIpc) is 2.46. The minimum atomic E-state index is -0.0487. The Morgan fingerprint density at radius 3 is 2.05 bits per heavy atom. The first-order valence-electron chi connectivity index (χ1n) is 7.23. The van der Waals surface area contributed by atoms with Gasteiger partial charge in [-0.15, -0.1) is 12.4 Å². The van der Waals surface area contributed by atoms with Gasteiger partial charge in [0.05, 0.1) is 5.92 Å². The van der Waals surface area contributed by atoms with Crippen LogP contribution in [-0.4, -0.2) is 66.0 Å². The molecule has 2 saturated heterocycles. The molecule has 2 aliphatic heterocycles. The number of rotatable bonds is 2. The molecule has 0 aliphatic carbocycles. The molecule has 0 unspecified atom stereocenters. The first-order chi connectivity index (χ1) is 10.1. The third-order valence-electron chi connectivity index (χ3n) is 4.12. The van der Waals surface area contributed by atoms with Gasteiger partial charge >= 0.3 is 0 Å². The lowest BCUT2D eigenvalue weighted by atomic mass is 10.0. The van der Waals surface area contributed by atoms with E-state index in [4.69, 9.17) is 0 Å². The second-order valence-corrected chi connectivity index (χ2v) is 5.52. The van der Waals surface area contributed by atoms with Crippen LogP contribution in [0, 0.1) is 5.92 Å². The zero-order valence-electron chi connectivity index (χ0n) is 12.2. The van der Waals surface area contributed by atoms with E-state index in [9.17, 15) is 14.7 Å². The normalized spacial score (nSPS) is 18.4. The maximum Gasteiger partial charge on any atom is 0.253 e. The van der Waals surface area contributed by atoms with Gasteiger partial charge in [0.25, 0.3) is 5.91 Å². The Labute approximate surface area is 135 Å². The molecule has 3 rings (SSSR count). The summed E-state index contributed by atoms with van der Waals surface area (Å²) in [5.74, 6) is 0.415. The third-order valence-corrected chi connectivity index (χ3v) is 4.12. The van der Waals surface area contributed by atoms with Crippen LogP contribution in [0.1, 0.15) is 10.4 Å². The van der Waals surface area contributed by atoms with Crippen LogP contribution < -0.4 is 5.32 Å². The molecule has 1 aromatic rings. The lowest BCUT2D eigenvalue weighted by molar-refractivity contribution is -0.138. The molecule has 7 heteroatoms. The van der Waals surface area contributed by atoms with Gasteiger partial charge in [0.1, 0.15) is 5.75 Å². The molecule has 2 fully saturated rings. The van der Waals surface area contributed by atoms with E-state index in [1.807, 2.05) is 4.90 Å². The number of hydrogen-bond acceptors (Lipinski definition) is 4. The Balaban J connectivity index is 0.00000176. The van der Waals surface area contributed by atoms with E-state index in [-0.39, 0.29) is 35.9 Å². The zero-order valence-corrected chi connectivity index (χ0v) is 13.0. The van der Waals surface area contributed by atoms with Crippen molar-refractivity contribution in [2.75, 3.05) is 39.3 Å². The smallest absolute Gasteiger partial charge is 0.253 e. The highest BCUT2D eigenvalue weighted by Gasteiger charge is 2.32. The fraction of sp³-hybridized carbons (Fsp3) is 0.467. The van der Waals surface area contributed by atoms with E-state index >= 15 is 0 Å². The van der Waals surface area contributed by atoms with E-state index in [2.05, 4.69) is 5.32 Å². The van der Waals surface area contributed by atoms with Crippen molar-refractivity contribution in [2.45, 2.75) is 0 Å². The molecular formula is C15H20ClN3O3.